The van der Waals surface area contributed by atoms with Crippen LogP contribution in [0.25, 0.3) is 0 Å². The standard InChI is InChI=1S/C27H33N3O4S/c1-18-15-22-16-24(13-14-25(22)30(18)27(32)21-11-12-21)35(33,34)28-17-19-7-9-20(10-8-19)26(31)29-23-5-3-2-4-6-23/h2-6,13-14,16,18-21,28H,7-12,15,17H2,1H3,(H,29,31)/t18-,19?,20?/m1/s1. The van der Waals surface area contributed by atoms with E-state index in [1.807, 2.05) is 42.2 Å². The highest BCUT2D eigenvalue weighted by molar-refractivity contribution is 7.89. The number of fused-ring (bicyclic) bond motifs is 1. The Morgan fingerprint density at radius 1 is 0.943 bits per heavy atom. The first kappa shape index (κ1) is 24.0. The van der Waals surface area contributed by atoms with Crippen molar-refractivity contribution in [1.29, 1.82) is 0 Å². The molecule has 0 aromatic heterocycles. The van der Waals surface area contributed by atoms with Crippen molar-refractivity contribution < 1.29 is 18.0 Å². The van der Waals surface area contributed by atoms with Crippen LogP contribution in [-0.2, 0) is 26.0 Å². The van der Waals surface area contributed by atoms with Crippen molar-refractivity contribution in [3.05, 3.63) is 54.1 Å². The van der Waals surface area contributed by atoms with Crippen LogP contribution < -0.4 is 14.9 Å². The molecule has 2 fully saturated rings. The summed E-state index contributed by atoms with van der Waals surface area (Å²) < 4.78 is 28.8. The van der Waals surface area contributed by atoms with E-state index in [0.29, 0.717) is 13.0 Å². The molecule has 2 N–H and O–H groups in total. The summed E-state index contributed by atoms with van der Waals surface area (Å²) in [5.41, 5.74) is 2.57. The Morgan fingerprint density at radius 2 is 1.63 bits per heavy atom. The lowest BCUT2D eigenvalue weighted by Gasteiger charge is -2.28. The van der Waals surface area contributed by atoms with Gasteiger partial charge in [0, 0.05) is 35.8 Å². The predicted molar refractivity (Wildman–Crippen MR) is 136 cm³/mol. The molecular formula is C27H33N3O4S. The zero-order valence-corrected chi connectivity index (χ0v) is 20.9. The lowest BCUT2D eigenvalue weighted by atomic mass is 9.81. The number of nitrogens with zero attached hydrogens (tertiary/aromatic N) is 1. The third-order valence-electron chi connectivity index (χ3n) is 7.56. The maximum absolute atomic E-state index is 13.0. The van der Waals surface area contributed by atoms with Crippen LogP contribution in [-0.4, -0.2) is 32.8 Å². The van der Waals surface area contributed by atoms with E-state index in [0.717, 1.165) is 55.5 Å². The van der Waals surface area contributed by atoms with Crippen molar-refractivity contribution in [2.24, 2.45) is 17.8 Å². The molecule has 7 nitrogen and oxygen atoms in total. The predicted octanol–water partition coefficient (Wildman–Crippen LogP) is 4.10. The maximum atomic E-state index is 13.0. The number of carbonyl (C=O) groups excluding carboxylic acids is 2. The van der Waals surface area contributed by atoms with Gasteiger partial charge < -0.3 is 10.2 Å². The van der Waals surface area contributed by atoms with Gasteiger partial charge in [0.05, 0.1) is 4.90 Å². The monoisotopic (exact) mass is 495 g/mol. The summed E-state index contributed by atoms with van der Waals surface area (Å²) in [5, 5.41) is 2.97. The molecule has 2 aromatic rings. The van der Waals surface area contributed by atoms with Gasteiger partial charge in [-0.15, -0.1) is 0 Å². The number of carbonyl (C=O) groups is 2. The Morgan fingerprint density at radius 3 is 2.31 bits per heavy atom. The number of sulfonamides is 1. The van der Waals surface area contributed by atoms with Gasteiger partial charge in [0.1, 0.15) is 0 Å². The van der Waals surface area contributed by atoms with Crippen molar-refractivity contribution in [2.45, 2.75) is 62.8 Å². The summed E-state index contributed by atoms with van der Waals surface area (Å²) in [7, 11) is -3.64. The molecule has 3 aliphatic rings. The number of anilines is 2. The first-order valence-electron chi connectivity index (χ1n) is 12.6. The van der Waals surface area contributed by atoms with Gasteiger partial charge in [-0.25, -0.2) is 13.1 Å². The largest absolute Gasteiger partial charge is 0.326 e. The Bertz CT molecular complexity index is 1200. The van der Waals surface area contributed by atoms with E-state index in [1.165, 1.54) is 0 Å². The molecule has 35 heavy (non-hydrogen) atoms. The van der Waals surface area contributed by atoms with Gasteiger partial charge in [-0.3, -0.25) is 9.59 Å². The van der Waals surface area contributed by atoms with E-state index >= 15 is 0 Å². The van der Waals surface area contributed by atoms with Gasteiger partial charge in [-0.2, -0.15) is 0 Å². The fourth-order valence-corrected chi connectivity index (χ4v) is 6.51. The maximum Gasteiger partial charge on any atom is 0.240 e. The fraction of sp³-hybridized carbons (Fsp3) is 0.481. The molecule has 2 amide bonds. The van der Waals surface area contributed by atoms with Gasteiger partial charge >= 0.3 is 0 Å². The molecule has 0 radical (unpaired) electrons. The first-order chi connectivity index (χ1) is 16.8. The summed E-state index contributed by atoms with van der Waals surface area (Å²) in [5.74, 6) is 0.512. The van der Waals surface area contributed by atoms with Gasteiger partial charge in [0.25, 0.3) is 0 Å². The van der Waals surface area contributed by atoms with Crippen LogP contribution in [0.3, 0.4) is 0 Å². The number of nitrogens with one attached hydrogen (secondary N) is 2. The lowest BCUT2D eigenvalue weighted by molar-refractivity contribution is -0.121. The number of amides is 2. The van der Waals surface area contributed by atoms with Crippen LogP contribution in [0.15, 0.2) is 53.4 Å². The third-order valence-corrected chi connectivity index (χ3v) is 8.98. The summed E-state index contributed by atoms with van der Waals surface area (Å²) in [6.07, 6.45) is 5.72. The van der Waals surface area contributed by atoms with Crippen LogP contribution in [0, 0.1) is 17.8 Å². The molecule has 2 saturated carbocycles. The zero-order valence-electron chi connectivity index (χ0n) is 20.1. The molecule has 2 aliphatic carbocycles. The van der Waals surface area contributed by atoms with Gasteiger partial charge in [0.2, 0.25) is 21.8 Å². The average molecular weight is 496 g/mol. The number of benzene rings is 2. The Balaban J connectivity index is 1.15. The molecule has 186 valence electrons. The number of hydrogen-bond acceptors (Lipinski definition) is 4. The molecule has 5 rings (SSSR count). The van der Waals surface area contributed by atoms with E-state index in [1.54, 1.807) is 18.2 Å². The summed E-state index contributed by atoms with van der Waals surface area (Å²) in [4.78, 5) is 27.3. The van der Waals surface area contributed by atoms with Crippen LogP contribution in [0.5, 0.6) is 0 Å². The van der Waals surface area contributed by atoms with Gasteiger partial charge in [-0.1, -0.05) is 18.2 Å². The average Bonchev–Trinajstić information content (AvgIpc) is 3.65. The molecule has 2 aromatic carbocycles. The summed E-state index contributed by atoms with van der Waals surface area (Å²) in [6.45, 7) is 2.39. The van der Waals surface area contributed by atoms with Crippen molar-refractivity contribution in [1.82, 2.24) is 4.72 Å². The summed E-state index contributed by atoms with van der Waals surface area (Å²) >= 11 is 0. The van der Waals surface area contributed by atoms with Crippen LogP contribution in [0.1, 0.15) is 51.0 Å². The third kappa shape index (κ3) is 5.28. The van der Waals surface area contributed by atoms with E-state index in [-0.39, 0.29) is 40.5 Å². The molecule has 1 heterocycles. The van der Waals surface area contributed by atoms with Crippen molar-refractivity contribution in [2.75, 3.05) is 16.8 Å². The van der Waals surface area contributed by atoms with Gasteiger partial charge in [0.15, 0.2) is 0 Å². The van der Waals surface area contributed by atoms with Crippen LogP contribution in [0.2, 0.25) is 0 Å². The van der Waals surface area contributed by atoms with Crippen LogP contribution >= 0.6 is 0 Å². The number of hydrogen-bond donors (Lipinski definition) is 2. The Hall–Kier alpha value is -2.71. The van der Waals surface area contributed by atoms with Crippen molar-refractivity contribution in [3.8, 4) is 0 Å². The van der Waals surface area contributed by atoms with E-state index in [4.69, 9.17) is 0 Å². The molecule has 0 bridgehead atoms. The number of para-hydroxylation sites is 1. The second-order valence-corrected chi connectivity index (χ2v) is 12.0. The number of rotatable bonds is 7. The molecular weight excluding hydrogens is 462 g/mol. The second-order valence-electron chi connectivity index (χ2n) is 10.3. The highest BCUT2D eigenvalue weighted by Gasteiger charge is 2.39. The SMILES string of the molecule is C[C@@H]1Cc2cc(S(=O)(=O)NCC3CCC(C(=O)Nc4ccccc4)CC3)ccc2N1C(=O)C1CC1. The van der Waals surface area contributed by atoms with Crippen LogP contribution in [0.4, 0.5) is 11.4 Å². The minimum Gasteiger partial charge on any atom is -0.326 e. The minimum atomic E-state index is -3.64. The molecule has 0 unspecified atom stereocenters. The smallest absolute Gasteiger partial charge is 0.240 e. The van der Waals surface area contributed by atoms with Gasteiger partial charge in [-0.05, 0) is 93.7 Å². The molecule has 1 atom stereocenters. The molecule has 0 spiro atoms. The lowest BCUT2D eigenvalue weighted by Crippen LogP contribution is -2.36. The normalized spacial score (nSPS) is 24.1. The Labute approximate surface area is 207 Å². The zero-order chi connectivity index (χ0) is 24.6. The van der Waals surface area contributed by atoms with Crippen molar-refractivity contribution >= 4 is 33.2 Å². The summed E-state index contributed by atoms with van der Waals surface area (Å²) in [6, 6.07) is 14.6. The van der Waals surface area contributed by atoms with Crippen molar-refractivity contribution in [3.63, 3.8) is 0 Å². The van der Waals surface area contributed by atoms with E-state index < -0.39 is 10.0 Å². The van der Waals surface area contributed by atoms with E-state index in [9.17, 15) is 18.0 Å². The minimum absolute atomic E-state index is 0.0387. The fourth-order valence-electron chi connectivity index (χ4n) is 5.34. The molecule has 1 aliphatic heterocycles. The Kier molecular flexibility index (Phi) is 6.68. The quantitative estimate of drug-likeness (QED) is 0.605. The highest BCUT2D eigenvalue weighted by atomic mass is 32.2. The topological polar surface area (TPSA) is 95.6 Å². The molecule has 8 heteroatoms. The second kappa shape index (κ2) is 9.74. The molecule has 0 saturated heterocycles. The highest BCUT2D eigenvalue weighted by Crippen LogP contribution is 2.39. The first-order valence-corrected chi connectivity index (χ1v) is 14.1. The van der Waals surface area contributed by atoms with E-state index in [2.05, 4.69) is 10.0 Å².